The van der Waals surface area contributed by atoms with Crippen LogP contribution in [0.15, 0.2) is 40.1 Å². The summed E-state index contributed by atoms with van der Waals surface area (Å²) in [6, 6.07) is 6.76. The number of aliphatic hydroxyl groups excluding tert-OH is 1. The van der Waals surface area contributed by atoms with Crippen LogP contribution in [0, 0.1) is 12.8 Å². The molecule has 0 aliphatic carbocycles. The molecule has 0 fully saturated rings. The van der Waals surface area contributed by atoms with E-state index in [0.717, 1.165) is 18.4 Å². The van der Waals surface area contributed by atoms with E-state index in [9.17, 15) is 13.5 Å². The van der Waals surface area contributed by atoms with Gasteiger partial charge in [0.05, 0.1) is 15.9 Å². The summed E-state index contributed by atoms with van der Waals surface area (Å²) < 4.78 is 25.5. The summed E-state index contributed by atoms with van der Waals surface area (Å²) in [6.07, 6.45) is 3.29. The van der Waals surface area contributed by atoms with Crippen molar-refractivity contribution in [2.75, 3.05) is 0 Å². The molecule has 1 rings (SSSR count). The number of unbranched alkanes of at least 4 members (excludes halogenated alkanes) is 2. The van der Waals surface area contributed by atoms with Gasteiger partial charge in [-0.15, -0.1) is 0 Å². The van der Waals surface area contributed by atoms with Crippen molar-refractivity contribution in [3.63, 3.8) is 0 Å². The smallest absolute Gasteiger partial charge is 0.205 e. The number of aryl methyl sites for hydroxylation is 1. The Hall–Kier alpha value is -1.13. The topological polar surface area (TPSA) is 54.4 Å². The summed E-state index contributed by atoms with van der Waals surface area (Å²) >= 11 is 0. The molecule has 118 valence electrons. The maximum atomic E-state index is 12.8. The molecule has 3 nitrogen and oxygen atoms in total. The number of hydrogen-bond acceptors (Lipinski definition) is 3. The molecule has 0 bridgehead atoms. The molecule has 0 spiro atoms. The van der Waals surface area contributed by atoms with Crippen LogP contribution in [0.5, 0.6) is 0 Å². The molecule has 0 aromatic heterocycles. The molecule has 0 radical (unpaired) electrons. The van der Waals surface area contributed by atoms with E-state index in [4.69, 9.17) is 0 Å². The summed E-state index contributed by atoms with van der Waals surface area (Å²) in [5, 5.41) is 10.3. The second kappa shape index (κ2) is 7.76. The number of benzene rings is 1. The van der Waals surface area contributed by atoms with E-state index >= 15 is 0 Å². The molecule has 1 aromatic rings. The Balaban J connectivity index is 3.23. The van der Waals surface area contributed by atoms with Crippen LogP contribution in [-0.4, -0.2) is 19.6 Å². The first-order valence-electron chi connectivity index (χ1n) is 7.50. The number of aliphatic hydroxyl groups is 1. The van der Waals surface area contributed by atoms with Crippen LogP contribution in [0.3, 0.4) is 0 Å². The lowest BCUT2D eigenvalue weighted by Crippen LogP contribution is -2.24. The summed E-state index contributed by atoms with van der Waals surface area (Å²) in [7, 11) is -3.63. The molecule has 21 heavy (non-hydrogen) atoms. The van der Waals surface area contributed by atoms with E-state index in [1.807, 2.05) is 20.8 Å². The van der Waals surface area contributed by atoms with E-state index in [2.05, 4.69) is 6.92 Å². The highest BCUT2D eigenvalue weighted by atomic mass is 32.2. The van der Waals surface area contributed by atoms with Gasteiger partial charge in [0.25, 0.3) is 0 Å². The third-order valence-electron chi connectivity index (χ3n) is 3.47. The average molecular weight is 310 g/mol. The van der Waals surface area contributed by atoms with Gasteiger partial charge in [0.15, 0.2) is 0 Å². The molecule has 0 saturated heterocycles. The second-order valence-corrected chi connectivity index (χ2v) is 7.70. The van der Waals surface area contributed by atoms with Crippen LogP contribution in [0.2, 0.25) is 0 Å². The van der Waals surface area contributed by atoms with Gasteiger partial charge in [0.2, 0.25) is 9.84 Å². The van der Waals surface area contributed by atoms with Gasteiger partial charge in [0, 0.05) is 0 Å². The van der Waals surface area contributed by atoms with Crippen LogP contribution >= 0.6 is 0 Å². The van der Waals surface area contributed by atoms with Gasteiger partial charge in [0.1, 0.15) is 0 Å². The lowest BCUT2D eigenvalue weighted by molar-refractivity contribution is 0.167. The molecule has 4 heteroatoms. The minimum absolute atomic E-state index is 0.134. The van der Waals surface area contributed by atoms with Crippen LogP contribution in [0.25, 0.3) is 0 Å². The lowest BCUT2D eigenvalue weighted by Gasteiger charge is -2.19. The normalized spacial score (nSPS) is 14.5. The summed E-state index contributed by atoms with van der Waals surface area (Å²) in [6.45, 7) is 7.62. The lowest BCUT2D eigenvalue weighted by atomic mass is 10.1. The standard InChI is InChI=1S/C17H26O3S/c1-5-6-7-8-16(17(18)13(2)3)21(19,20)15-11-9-14(4)10-12-15/h8-13,17-18H,5-7H2,1-4H3/b16-8+/t17-/m0/s1. The van der Waals surface area contributed by atoms with E-state index < -0.39 is 15.9 Å². The fourth-order valence-corrected chi connectivity index (χ4v) is 3.71. The van der Waals surface area contributed by atoms with Crippen molar-refractivity contribution in [2.24, 2.45) is 5.92 Å². The highest BCUT2D eigenvalue weighted by molar-refractivity contribution is 7.95. The number of hydrogen-bond donors (Lipinski definition) is 1. The van der Waals surface area contributed by atoms with E-state index in [1.54, 1.807) is 30.3 Å². The number of sulfone groups is 1. The largest absolute Gasteiger partial charge is 0.387 e. The monoisotopic (exact) mass is 310 g/mol. The van der Waals surface area contributed by atoms with Crippen molar-refractivity contribution in [2.45, 2.75) is 58.0 Å². The maximum Gasteiger partial charge on any atom is 0.205 e. The molecule has 1 atom stereocenters. The van der Waals surface area contributed by atoms with Gasteiger partial charge in [-0.25, -0.2) is 8.42 Å². The summed E-state index contributed by atoms with van der Waals surface area (Å²) in [5.41, 5.74) is 1.01. The molecule has 0 aliphatic heterocycles. The fourth-order valence-electron chi connectivity index (χ4n) is 2.02. The van der Waals surface area contributed by atoms with E-state index in [0.29, 0.717) is 6.42 Å². The molecular formula is C17H26O3S. The number of allylic oxidation sites excluding steroid dienone is 1. The third kappa shape index (κ3) is 4.68. The van der Waals surface area contributed by atoms with Crippen molar-refractivity contribution < 1.29 is 13.5 Å². The van der Waals surface area contributed by atoms with Crippen molar-refractivity contribution in [1.29, 1.82) is 0 Å². The first kappa shape index (κ1) is 17.9. The second-order valence-electron chi connectivity index (χ2n) is 5.75. The van der Waals surface area contributed by atoms with Crippen molar-refractivity contribution in [1.82, 2.24) is 0 Å². The van der Waals surface area contributed by atoms with E-state index in [1.165, 1.54) is 0 Å². The Labute approximate surface area is 128 Å². The molecule has 0 saturated carbocycles. The quantitative estimate of drug-likeness (QED) is 0.778. The summed E-state index contributed by atoms with van der Waals surface area (Å²) in [4.78, 5) is 0.380. The Morgan fingerprint density at radius 3 is 2.29 bits per heavy atom. The Morgan fingerprint density at radius 2 is 1.81 bits per heavy atom. The van der Waals surface area contributed by atoms with Crippen molar-refractivity contribution in [3.8, 4) is 0 Å². The van der Waals surface area contributed by atoms with Crippen LogP contribution in [0.1, 0.15) is 45.6 Å². The fraction of sp³-hybridized carbons (Fsp3) is 0.529. The Bertz CT molecular complexity index is 569. The maximum absolute atomic E-state index is 12.8. The third-order valence-corrected chi connectivity index (χ3v) is 5.39. The minimum Gasteiger partial charge on any atom is -0.387 e. The van der Waals surface area contributed by atoms with Crippen LogP contribution in [0.4, 0.5) is 0 Å². The van der Waals surface area contributed by atoms with Crippen molar-refractivity contribution >= 4 is 9.84 Å². The van der Waals surface area contributed by atoms with Gasteiger partial charge >= 0.3 is 0 Å². The molecule has 0 aliphatic rings. The molecule has 0 amide bonds. The van der Waals surface area contributed by atoms with Gasteiger partial charge in [-0.05, 0) is 31.4 Å². The predicted octanol–water partition coefficient (Wildman–Crippen LogP) is 3.86. The molecule has 0 heterocycles. The van der Waals surface area contributed by atoms with Gasteiger partial charge < -0.3 is 5.11 Å². The Morgan fingerprint density at radius 1 is 1.24 bits per heavy atom. The van der Waals surface area contributed by atoms with Crippen molar-refractivity contribution in [3.05, 3.63) is 40.8 Å². The first-order chi connectivity index (χ1) is 9.80. The zero-order valence-corrected chi connectivity index (χ0v) is 14.2. The first-order valence-corrected chi connectivity index (χ1v) is 8.99. The SMILES string of the molecule is CCCC/C=C(\[C@@H](O)C(C)C)S(=O)(=O)c1ccc(C)cc1. The average Bonchev–Trinajstić information content (AvgIpc) is 2.43. The van der Waals surface area contributed by atoms with Crippen LogP contribution in [-0.2, 0) is 9.84 Å². The minimum atomic E-state index is -3.63. The Kier molecular flexibility index (Phi) is 6.62. The number of rotatable bonds is 7. The highest BCUT2D eigenvalue weighted by Gasteiger charge is 2.28. The van der Waals surface area contributed by atoms with E-state index in [-0.39, 0.29) is 15.7 Å². The van der Waals surface area contributed by atoms with Gasteiger partial charge in [-0.2, -0.15) is 0 Å². The zero-order chi connectivity index (χ0) is 16.0. The predicted molar refractivity (Wildman–Crippen MR) is 86.8 cm³/mol. The zero-order valence-electron chi connectivity index (χ0n) is 13.3. The van der Waals surface area contributed by atoms with Crippen LogP contribution < -0.4 is 0 Å². The van der Waals surface area contributed by atoms with Gasteiger partial charge in [-0.1, -0.05) is 57.4 Å². The molecule has 1 aromatic carbocycles. The highest BCUT2D eigenvalue weighted by Crippen LogP contribution is 2.26. The summed E-state index contributed by atoms with van der Waals surface area (Å²) in [5.74, 6) is -0.141. The molecule has 0 unspecified atom stereocenters. The van der Waals surface area contributed by atoms with Gasteiger partial charge in [-0.3, -0.25) is 0 Å². The molecular weight excluding hydrogens is 284 g/mol. The molecule has 1 N–H and O–H groups in total.